The summed E-state index contributed by atoms with van der Waals surface area (Å²) in [6.45, 7) is -0.998. The van der Waals surface area contributed by atoms with Gasteiger partial charge in [0.2, 0.25) is 0 Å². The zero-order valence-corrected chi connectivity index (χ0v) is 13.4. The molecule has 0 unspecified atom stereocenters. The maximum atomic E-state index is 13.4. The van der Waals surface area contributed by atoms with Gasteiger partial charge in [-0.25, -0.2) is 4.98 Å². The van der Waals surface area contributed by atoms with E-state index < -0.39 is 6.55 Å². The van der Waals surface area contributed by atoms with Gasteiger partial charge in [0.15, 0.2) is 5.82 Å². The first-order valence-electron chi connectivity index (χ1n) is 7.51. The Bertz CT molecular complexity index is 955. The minimum Gasteiger partial charge on any atom is -0.391 e. The highest BCUT2D eigenvalue weighted by Gasteiger charge is 2.19. The molecule has 25 heavy (non-hydrogen) atoms. The van der Waals surface area contributed by atoms with Gasteiger partial charge in [-0.3, -0.25) is 4.57 Å². The Hall–Kier alpha value is -3.27. The number of nitrogens with zero attached hydrogens (tertiary/aromatic N) is 4. The third kappa shape index (κ3) is 3.48. The summed E-state index contributed by atoms with van der Waals surface area (Å²) in [6, 6.07) is 15.5. The Morgan fingerprint density at radius 2 is 1.96 bits per heavy atom. The molecule has 2 aromatic carbocycles. The zero-order chi connectivity index (χ0) is 17.8. The number of alkyl halides is 2. The lowest BCUT2D eigenvalue weighted by molar-refractivity contribution is 0.0736. The Morgan fingerprint density at radius 1 is 1.24 bits per heavy atom. The second-order valence-electron chi connectivity index (χ2n) is 5.33. The number of imidazole rings is 1. The maximum Gasteiger partial charge on any atom is 0.320 e. The Balaban J connectivity index is 1.81. The molecular weight excluding hydrogens is 326 g/mol. The molecule has 1 heterocycles. The van der Waals surface area contributed by atoms with Crippen molar-refractivity contribution in [2.24, 2.45) is 5.16 Å². The molecule has 0 spiro atoms. The van der Waals surface area contributed by atoms with Gasteiger partial charge in [-0.05, 0) is 36.8 Å². The quantitative estimate of drug-likeness (QED) is 0.515. The molecule has 0 saturated heterocycles. The number of benzene rings is 2. The third-order valence-electron chi connectivity index (χ3n) is 3.63. The summed E-state index contributed by atoms with van der Waals surface area (Å²) in [6.07, 6.45) is 0. The molecule has 0 radical (unpaired) electrons. The first-order chi connectivity index (χ1) is 12.1. The number of para-hydroxylation sites is 2. The first kappa shape index (κ1) is 16.6. The average Bonchev–Trinajstić information content (AvgIpc) is 3.02. The van der Waals surface area contributed by atoms with Crippen molar-refractivity contribution in [1.82, 2.24) is 9.55 Å². The second kappa shape index (κ2) is 7.09. The lowest BCUT2D eigenvalue weighted by Gasteiger charge is -2.07. The smallest absolute Gasteiger partial charge is 0.320 e. The molecule has 0 N–H and O–H groups in total. The summed E-state index contributed by atoms with van der Waals surface area (Å²) in [7, 11) is 0. The predicted octanol–water partition coefficient (Wildman–Crippen LogP) is 4.24. The maximum absolute atomic E-state index is 13.4. The standard InChI is InChI=1S/C18H14F2N4O/c1-12(23-25-11-14-8-6-13(10-21)7-9-14)17-22-15-4-2-3-5-16(15)24(17)18(19)20/h2-9,18H,11H2,1H3/b23-12+. The minimum atomic E-state index is -2.73. The summed E-state index contributed by atoms with van der Waals surface area (Å²) < 4.78 is 27.7. The van der Waals surface area contributed by atoms with Crippen molar-refractivity contribution in [3.05, 3.63) is 65.5 Å². The lowest BCUT2D eigenvalue weighted by Crippen LogP contribution is -2.10. The molecule has 126 valence electrons. The van der Waals surface area contributed by atoms with E-state index in [9.17, 15) is 8.78 Å². The van der Waals surface area contributed by atoms with E-state index in [0.29, 0.717) is 16.6 Å². The van der Waals surface area contributed by atoms with Gasteiger partial charge in [0, 0.05) is 0 Å². The van der Waals surface area contributed by atoms with Crippen molar-refractivity contribution in [1.29, 1.82) is 5.26 Å². The highest BCUT2D eigenvalue weighted by molar-refractivity contribution is 5.98. The number of hydrogen-bond donors (Lipinski definition) is 0. The van der Waals surface area contributed by atoms with Crippen LogP contribution in [0.5, 0.6) is 0 Å². The lowest BCUT2D eigenvalue weighted by atomic mass is 10.2. The molecule has 3 aromatic rings. The summed E-state index contributed by atoms with van der Waals surface area (Å²) >= 11 is 0. The van der Waals surface area contributed by atoms with Gasteiger partial charge in [-0.1, -0.05) is 29.4 Å². The van der Waals surface area contributed by atoms with Crippen LogP contribution in [-0.2, 0) is 11.4 Å². The number of oxime groups is 1. The fraction of sp³-hybridized carbons (Fsp3) is 0.167. The molecule has 7 heteroatoms. The molecule has 0 saturated carbocycles. The van der Waals surface area contributed by atoms with Crippen LogP contribution in [0.4, 0.5) is 8.78 Å². The Labute approximate surface area is 142 Å². The van der Waals surface area contributed by atoms with Crippen LogP contribution in [0.1, 0.15) is 30.4 Å². The van der Waals surface area contributed by atoms with Crippen LogP contribution >= 0.6 is 0 Å². The summed E-state index contributed by atoms with van der Waals surface area (Å²) in [4.78, 5) is 9.47. The van der Waals surface area contributed by atoms with Crippen molar-refractivity contribution in [3.63, 3.8) is 0 Å². The van der Waals surface area contributed by atoms with Gasteiger partial charge in [-0.15, -0.1) is 0 Å². The van der Waals surface area contributed by atoms with E-state index in [1.54, 1.807) is 55.5 Å². The molecule has 0 amide bonds. The number of hydrogen-bond acceptors (Lipinski definition) is 4. The van der Waals surface area contributed by atoms with Gasteiger partial charge in [0.05, 0.1) is 22.7 Å². The van der Waals surface area contributed by atoms with Gasteiger partial charge < -0.3 is 4.84 Å². The molecule has 0 atom stereocenters. The van der Waals surface area contributed by atoms with Crippen molar-refractivity contribution in [2.45, 2.75) is 20.1 Å². The van der Waals surface area contributed by atoms with E-state index >= 15 is 0 Å². The van der Waals surface area contributed by atoms with Crippen LogP contribution in [0, 0.1) is 11.3 Å². The zero-order valence-electron chi connectivity index (χ0n) is 13.4. The fourth-order valence-corrected chi connectivity index (χ4v) is 2.42. The predicted molar refractivity (Wildman–Crippen MR) is 89.1 cm³/mol. The minimum absolute atomic E-state index is 0.0658. The first-order valence-corrected chi connectivity index (χ1v) is 7.51. The molecule has 0 aliphatic carbocycles. The number of aromatic nitrogens is 2. The molecular formula is C18H14F2N4O. The highest BCUT2D eigenvalue weighted by Crippen LogP contribution is 2.23. The van der Waals surface area contributed by atoms with Gasteiger partial charge in [0.25, 0.3) is 0 Å². The largest absolute Gasteiger partial charge is 0.391 e. The summed E-state index contributed by atoms with van der Waals surface area (Å²) in [5.41, 5.74) is 2.44. The molecule has 0 aliphatic rings. The third-order valence-corrected chi connectivity index (χ3v) is 3.63. The second-order valence-corrected chi connectivity index (χ2v) is 5.33. The Morgan fingerprint density at radius 3 is 2.64 bits per heavy atom. The van der Waals surface area contributed by atoms with E-state index in [1.165, 1.54) is 0 Å². The van der Waals surface area contributed by atoms with Crippen molar-refractivity contribution < 1.29 is 13.6 Å². The van der Waals surface area contributed by atoms with Crippen LogP contribution < -0.4 is 0 Å². The van der Waals surface area contributed by atoms with E-state index in [0.717, 1.165) is 10.1 Å². The topological polar surface area (TPSA) is 63.2 Å². The molecule has 5 nitrogen and oxygen atoms in total. The monoisotopic (exact) mass is 340 g/mol. The highest BCUT2D eigenvalue weighted by atomic mass is 19.3. The van der Waals surface area contributed by atoms with Crippen molar-refractivity contribution >= 4 is 16.7 Å². The number of nitriles is 1. The molecule has 0 fully saturated rings. The van der Waals surface area contributed by atoms with Crippen LogP contribution in [0.25, 0.3) is 11.0 Å². The average molecular weight is 340 g/mol. The SMILES string of the molecule is C/C(=N\OCc1ccc(C#N)cc1)c1nc2ccccc2n1C(F)F. The Kier molecular flexibility index (Phi) is 4.70. The van der Waals surface area contributed by atoms with Gasteiger partial charge in [-0.2, -0.15) is 14.0 Å². The summed E-state index contributed by atoms with van der Waals surface area (Å²) in [5.74, 6) is 0.0658. The number of halogens is 2. The van der Waals surface area contributed by atoms with Crippen LogP contribution in [-0.4, -0.2) is 15.3 Å². The fourth-order valence-electron chi connectivity index (χ4n) is 2.42. The molecule has 3 rings (SSSR count). The van der Waals surface area contributed by atoms with E-state index in [-0.39, 0.29) is 18.1 Å². The summed E-state index contributed by atoms with van der Waals surface area (Å²) in [5, 5.41) is 12.7. The molecule has 0 bridgehead atoms. The van der Waals surface area contributed by atoms with Gasteiger partial charge in [0.1, 0.15) is 12.3 Å². The van der Waals surface area contributed by atoms with E-state index in [2.05, 4.69) is 10.1 Å². The number of fused-ring (bicyclic) bond motifs is 1. The van der Waals surface area contributed by atoms with Crippen molar-refractivity contribution in [3.8, 4) is 6.07 Å². The molecule has 1 aromatic heterocycles. The van der Waals surface area contributed by atoms with Crippen molar-refractivity contribution in [2.75, 3.05) is 0 Å². The van der Waals surface area contributed by atoms with Crippen LogP contribution in [0.2, 0.25) is 0 Å². The van der Waals surface area contributed by atoms with Crippen LogP contribution in [0.15, 0.2) is 53.7 Å². The number of rotatable bonds is 5. The normalized spacial score (nSPS) is 11.7. The molecule has 0 aliphatic heterocycles. The van der Waals surface area contributed by atoms with Crippen LogP contribution in [0.3, 0.4) is 0 Å². The van der Waals surface area contributed by atoms with E-state index in [1.807, 2.05) is 6.07 Å². The van der Waals surface area contributed by atoms with E-state index in [4.69, 9.17) is 10.1 Å². The van der Waals surface area contributed by atoms with Gasteiger partial charge >= 0.3 is 6.55 Å².